The highest BCUT2D eigenvalue weighted by atomic mass is 32.2. The first kappa shape index (κ1) is 17.2. The molecule has 0 atom stereocenters. The van der Waals surface area contributed by atoms with Crippen molar-refractivity contribution in [2.24, 2.45) is 0 Å². The molecule has 0 radical (unpaired) electrons. The number of aryl methyl sites for hydroxylation is 1. The van der Waals surface area contributed by atoms with Crippen LogP contribution in [0, 0.1) is 0 Å². The van der Waals surface area contributed by atoms with E-state index in [0.29, 0.717) is 12.2 Å². The Labute approximate surface area is 155 Å². The predicted molar refractivity (Wildman–Crippen MR) is 98.0 cm³/mol. The van der Waals surface area contributed by atoms with Crippen molar-refractivity contribution in [2.75, 3.05) is 16.2 Å². The van der Waals surface area contributed by atoms with Crippen LogP contribution in [0.1, 0.15) is 22.3 Å². The van der Waals surface area contributed by atoms with E-state index in [1.807, 2.05) is 24.3 Å². The third-order valence-electron chi connectivity index (χ3n) is 4.35. The fourth-order valence-electron chi connectivity index (χ4n) is 3.05. The smallest absolute Gasteiger partial charge is 0.322 e. The number of aromatic nitrogens is 2. The first-order valence-corrected chi connectivity index (χ1v) is 9.78. The summed E-state index contributed by atoms with van der Waals surface area (Å²) in [7, 11) is -3.71. The Balaban J connectivity index is 1.59. The summed E-state index contributed by atoms with van der Waals surface area (Å²) in [6, 6.07) is 13.2. The topological polar surface area (TPSA) is 105 Å². The van der Waals surface area contributed by atoms with Gasteiger partial charge in [-0.05, 0) is 48.7 Å². The third-order valence-corrected chi connectivity index (χ3v) is 6.18. The summed E-state index contributed by atoms with van der Waals surface area (Å²) in [6.45, 7) is 0.429. The molecule has 2 aromatic carbocycles. The van der Waals surface area contributed by atoms with E-state index in [9.17, 15) is 13.2 Å². The minimum atomic E-state index is -3.71. The summed E-state index contributed by atoms with van der Waals surface area (Å²) in [5.74, 6) is -0.466. The number of anilines is 2. The molecular formula is C18H16N4O4S. The number of hydrogen-bond acceptors (Lipinski definition) is 6. The zero-order chi connectivity index (χ0) is 18.9. The van der Waals surface area contributed by atoms with Crippen LogP contribution in [0.2, 0.25) is 0 Å². The molecule has 0 spiro atoms. The van der Waals surface area contributed by atoms with Gasteiger partial charge in [-0.3, -0.25) is 14.4 Å². The second kappa shape index (κ2) is 6.84. The van der Waals surface area contributed by atoms with Crippen molar-refractivity contribution >= 4 is 27.6 Å². The summed E-state index contributed by atoms with van der Waals surface area (Å²) >= 11 is 0. The van der Waals surface area contributed by atoms with Crippen LogP contribution in [-0.2, 0) is 16.4 Å². The van der Waals surface area contributed by atoms with Gasteiger partial charge < -0.3 is 4.42 Å². The van der Waals surface area contributed by atoms with E-state index in [2.05, 4.69) is 15.5 Å². The molecule has 0 saturated heterocycles. The Morgan fingerprint density at radius 1 is 1.11 bits per heavy atom. The van der Waals surface area contributed by atoms with Crippen LogP contribution in [0.15, 0.2) is 64.2 Å². The second-order valence-corrected chi connectivity index (χ2v) is 7.89. The lowest BCUT2D eigenvalue weighted by Gasteiger charge is -2.30. The number of carbonyl (C=O) groups is 1. The number of amides is 1. The number of nitrogens with zero attached hydrogens (tertiary/aromatic N) is 3. The molecule has 1 aliphatic heterocycles. The maximum absolute atomic E-state index is 13.1. The molecule has 3 aromatic rings. The lowest BCUT2D eigenvalue weighted by Crippen LogP contribution is -2.35. The van der Waals surface area contributed by atoms with Crippen molar-refractivity contribution in [1.29, 1.82) is 0 Å². The monoisotopic (exact) mass is 384 g/mol. The Bertz CT molecular complexity index is 1060. The number of sulfonamides is 1. The van der Waals surface area contributed by atoms with Gasteiger partial charge in [0.25, 0.3) is 15.9 Å². The quantitative estimate of drug-likeness (QED) is 0.741. The van der Waals surface area contributed by atoms with E-state index in [1.165, 1.54) is 28.6 Å². The van der Waals surface area contributed by atoms with E-state index in [-0.39, 0.29) is 16.5 Å². The summed E-state index contributed by atoms with van der Waals surface area (Å²) in [4.78, 5) is 12.3. The maximum atomic E-state index is 13.1. The van der Waals surface area contributed by atoms with Crippen LogP contribution < -0.4 is 9.62 Å². The van der Waals surface area contributed by atoms with E-state index in [1.54, 1.807) is 0 Å². The predicted octanol–water partition coefficient (Wildman–Crippen LogP) is 2.46. The molecular weight excluding hydrogens is 368 g/mol. The van der Waals surface area contributed by atoms with Gasteiger partial charge in [-0.1, -0.05) is 23.3 Å². The highest BCUT2D eigenvalue weighted by molar-refractivity contribution is 7.92. The minimum Gasteiger partial charge on any atom is -0.411 e. The summed E-state index contributed by atoms with van der Waals surface area (Å²) < 4.78 is 32.4. The van der Waals surface area contributed by atoms with E-state index in [4.69, 9.17) is 4.42 Å². The molecule has 9 heteroatoms. The number of rotatable bonds is 4. The first-order valence-electron chi connectivity index (χ1n) is 8.34. The van der Waals surface area contributed by atoms with Gasteiger partial charge in [0.05, 0.1) is 10.6 Å². The summed E-state index contributed by atoms with van der Waals surface area (Å²) in [5, 5.41) is 9.47. The zero-order valence-corrected chi connectivity index (χ0v) is 15.0. The standard InChI is InChI=1S/C18H16N4O4S/c23-17(20-18-21-19-12-26-18)14-7-9-15(10-8-14)27(24,25)22-11-3-5-13-4-1-2-6-16(13)22/h1-2,4,6-10,12H,3,5,11H2,(H,20,21,23). The molecule has 1 aliphatic rings. The highest BCUT2D eigenvalue weighted by Gasteiger charge is 2.28. The molecule has 1 amide bonds. The van der Waals surface area contributed by atoms with Crippen LogP contribution in [0.25, 0.3) is 0 Å². The molecule has 1 aromatic heterocycles. The van der Waals surface area contributed by atoms with Crippen LogP contribution in [0.3, 0.4) is 0 Å². The summed E-state index contributed by atoms with van der Waals surface area (Å²) in [5.41, 5.74) is 2.01. The maximum Gasteiger partial charge on any atom is 0.322 e. The first-order chi connectivity index (χ1) is 13.1. The molecule has 0 saturated carbocycles. The molecule has 0 bridgehead atoms. The molecule has 8 nitrogen and oxygen atoms in total. The van der Waals surface area contributed by atoms with Crippen molar-refractivity contribution in [1.82, 2.24) is 10.2 Å². The SMILES string of the molecule is O=C(Nc1nnco1)c1ccc(S(=O)(=O)N2CCCc3ccccc32)cc1. The molecule has 0 fully saturated rings. The third kappa shape index (κ3) is 3.28. The van der Waals surface area contributed by atoms with Gasteiger partial charge in [0, 0.05) is 12.1 Å². The van der Waals surface area contributed by atoms with Crippen molar-refractivity contribution in [3.8, 4) is 0 Å². The van der Waals surface area contributed by atoms with E-state index >= 15 is 0 Å². The highest BCUT2D eigenvalue weighted by Crippen LogP contribution is 2.31. The molecule has 138 valence electrons. The number of hydrogen-bond donors (Lipinski definition) is 1. The van der Waals surface area contributed by atoms with Crippen LogP contribution in [-0.4, -0.2) is 31.1 Å². The molecule has 2 heterocycles. The van der Waals surface area contributed by atoms with Gasteiger partial charge in [0.1, 0.15) is 0 Å². The summed E-state index contributed by atoms with van der Waals surface area (Å²) in [6.07, 6.45) is 2.72. The lowest BCUT2D eigenvalue weighted by atomic mass is 10.0. The fraction of sp³-hybridized carbons (Fsp3) is 0.167. The van der Waals surface area contributed by atoms with Crippen molar-refractivity contribution in [3.63, 3.8) is 0 Å². The average Bonchev–Trinajstić information content (AvgIpc) is 3.20. The van der Waals surface area contributed by atoms with Crippen molar-refractivity contribution in [2.45, 2.75) is 17.7 Å². The van der Waals surface area contributed by atoms with Gasteiger partial charge in [-0.15, -0.1) is 5.10 Å². The van der Waals surface area contributed by atoms with Crippen LogP contribution in [0.4, 0.5) is 11.7 Å². The number of fused-ring (bicyclic) bond motifs is 1. The number of nitrogens with one attached hydrogen (secondary N) is 1. The van der Waals surface area contributed by atoms with Crippen LogP contribution in [0.5, 0.6) is 0 Å². The lowest BCUT2D eigenvalue weighted by molar-refractivity contribution is 0.102. The Kier molecular flexibility index (Phi) is 4.36. The van der Waals surface area contributed by atoms with Gasteiger partial charge in [-0.2, -0.15) is 0 Å². The van der Waals surface area contributed by atoms with Gasteiger partial charge in [-0.25, -0.2) is 8.42 Å². The van der Waals surface area contributed by atoms with Gasteiger partial charge in [0.2, 0.25) is 6.39 Å². The molecule has 1 N–H and O–H groups in total. The number of benzene rings is 2. The fourth-order valence-corrected chi connectivity index (χ4v) is 4.59. The van der Waals surface area contributed by atoms with E-state index < -0.39 is 15.9 Å². The largest absolute Gasteiger partial charge is 0.411 e. The molecule has 4 rings (SSSR count). The average molecular weight is 384 g/mol. The minimum absolute atomic E-state index is 0.0263. The normalized spacial score (nSPS) is 13.9. The van der Waals surface area contributed by atoms with Gasteiger partial charge in [0.15, 0.2) is 0 Å². The van der Waals surface area contributed by atoms with Crippen molar-refractivity contribution in [3.05, 3.63) is 66.1 Å². The Morgan fingerprint density at radius 2 is 1.89 bits per heavy atom. The number of para-hydroxylation sites is 1. The van der Waals surface area contributed by atoms with Crippen LogP contribution >= 0.6 is 0 Å². The van der Waals surface area contributed by atoms with Crippen molar-refractivity contribution < 1.29 is 17.6 Å². The zero-order valence-electron chi connectivity index (χ0n) is 14.2. The molecule has 0 unspecified atom stereocenters. The Morgan fingerprint density at radius 3 is 2.63 bits per heavy atom. The second-order valence-electron chi connectivity index (χ2n) is 6.03. The number of carbonyl (C=O) groups excluding carboxylic acids is 1. The molecule has 27 heavy (non-hydrogen) atoms. The van der Waals surface area contributed by atoms with Gasteiger partial charge >= 0.3 is 6.01 Å². The Hall–Kier alpha value is -3.20. The molecule has 0 aliphatic carbocycles. The van der Waals surface area contributed by atoms with E-state index in [0.717, 1.165) is 24.8 Å².